The molecular formula is C23H18N4O4S. The van der Waals surface area contributed by atoms with Crippen molar-refractivity contribution in [1.29, 1.82) is 0 Å². The quantitative estimate of drug-likeness (QED) is 0.363. The topological polar surface area (TPSA) is 105 Å². The summed E-state index contributed by atoms with van der Waals surface area (Å²) in [4.78, 5) is 42.1. The van der Waals surface area contributed by atoms with Crippen LogP contribution in [0.25, 0.3) is 11.8 Å². The first-order valence-corrected chi connectivity index (χ1v) is 10.0. The van der Waals surface area contributed by atoms with Gasteiger partial charge in [0.05, 0.1) is 11.3 Å². The Balaban J connectivity index is 1.73. The Morgan fingerprint density at radius 1 is 1.06 bits per heavy atom. The average Bonchev–Trinajstić information content (AvgIpc) is 3.04. The summed E-state index contributed by atoms with van der Waals surface area (Å²) in [5, 5.41) is 11.6. The number of hydrogen-bond donors (Lipinski definition) is 2. The third-order valence-electron chi connectivity index (χ3n) is 5.17. The smallest absolute Gasteiger partial charge is 0.335 e. The number of nitrogens with one attached hydrogen (secondary N) is 1. The summed E-state index contributed by atoms with van der Waals surface area (Å²) < 4.78 is 2.01. The molecule has 0 saturated carbocycles. The summed E-state index contributed by atoms with van der Waals surface area (Å²) in [6, 6.07) is 11.3. The predicted octanol–water partition coefficient (Wildman–Crippen LogP) is 3.02. The van der Waals surface area contributed by atoms with Gasteiger partial charge in [0.15, 0.2) is 5.11 Å². The third kappa shape index (κ3) is 3.69. The number of aromatic nitrogens is 2. The van der Waals surface area contributed by atoms with Gasteiger partial charge >= 0.3 is 5.97 Å². The SMILES string of the molecule is Cc1cc(/C=C2\C(=O)NC(=S)N(c3ccc(C(=O)O)cc3)C2=O)c(C)n1-c1ccncc1. The fraction of sp³-hybridized carbons (Fsp3) is 0.0870. The molecule has 0 bridgehead atoms. The first kappa shape index (κ1) is 21.1. The fourth-order valence-corrected chi connectivity index (χ4v) is 3.91. The number of anilines is 1. The van der Waals surface area contributed by atoms with Crippen LogP contribution in [0.1, 0.15) is 27.3 Å². The number of aromatic carboxylic acids is 1. The third-order valence-corrected chi connectivity index (χ3v) is 5.45. The number of rotatable bonds is 4. The molecule has 32 heavy (non-hydrogen) atoms. The van der Waals surface area contributed by atoms with Crippen LogP contribution < -0.4 is 10.2 Å². The van der Waals surface area contributed by atoms with Crippen molar-refractivity contribution in [3.05, 3.63) is 82.9 Å². The lowest BCUT2D eigenvalue weighted by Crippen LogP contribution is -2.54. The summed E-state index contributed by atoms with van der Waals surface area (Å²) in [5.74, 6) is -2.26. The number of amides is 2. The van der Waals surface area contributed by atoms with E-state index in [4.69, 9.17) is 17.3 Å². The average molecular weight is 446 g/mol. The molecule has 0 aliphatic carbocycles. The normalized spacial score (nSPS) is 15.2. The molecule has 0 radical (unpaired) electrons. The molecule has 1 aliphatic rings. The first-order chi connectivity index (χ1) is 15.3. The molecule has 3 heterocycles. The zero-order valence-electron chi connectivity index (χ0n) is 17.2. The van der Waals surface area contributed by atoms with Gasteiger partial charge in [0.1, 0.15) is 5.57 Å². The van der Waals surface area contributed by atoms with Crippen molar-refractivity contribution in [1.82, 2.24) is 14.9 Å². The van der Waals surface area contributed by atoms with Gasteiger partial charge in [-0.25, -0.2) is 4.79 Å². The van der Waals surface area contributed by atoms with Crippen LogP contribution in [0.4, 0.5) is 5.69 Å². The second-order valence-corrected chi connectivity index (χ2v) is 7.56. The summed E-state index contributed by atoms with van der Waals surface area (Å²) in [7, 11) is 0. The van der Waals surface area contributed by atoms with Gasteiger partial charge in [0.2, 0.25) is 0 Å². The molecule has 2 N–H and O–H groups in total. The molecule has 0 atom stereocenters. The van der Waals surface area contributed by atoms with Gasteiger partial charge in [-0.15, -0.1) is 0 Å². The van der Waals surface area contributed by atoms with Gasteiger partial charge in [0, 0.05) is 29.5 Å². The van der Waals surface area contributed by atoms with Crippen LogP contribution in [0.2, 0.25) is 0 Å². The molecule has 1 fully saturated rings. The molecule has 1 aromatic carbocycles. The number of aryl methyl sites for hydroxylation is 1. The standard InChI is InChI=1S/C23H18N4O4S/c1-13-11-16(14(2)26(13)18-7-9-24-10-8-18)12-19-20(28)25-23(32)27(21(19)29)17-5-3-15(4-6-17)22(30)31/h3-12H,1-2H3,(H,30,31)(H,25,28,32)/b19-12+. The minimum atomic E-state index is -1.08. The molecule has 0 unspecified atom stereocenters. The van der Waals surface area contributed by atoms with Crippen molar-refractivity contribution in [2.45, 2.75) is 13.8 Å². The maximum Gasteiger partial charge on any atom is 0.335 e. The number of thiocarbonyl (C=S) groups is 1. The van der Waals surface area contributed by atoms with Crippen LogP contribution in [0.15, 0.2) is 60.4 Å². The minimum absolute atomic E-state index is 0.0671. The summed E-state index contributed by atoms with van der Waals surface area (Å²) in [6.45, 7) is 3.84. The largest absolute Gasteiger partial charge is 0.478 e. The maximum atomic E-state index is 13.2. The van der Waals surface area contributed by atoms with E-state index in [2.05, 4.69) is 10.3 Å². The van der Waals surface area contributed by atoms with Crippen LogP contribution in [-0.4, -0.2) is 37.6 Å². The van der Waals surface area contributed by atoms with Crippen molar-refractivity contribution < 1.29 is 19.5 Å². The predicted molar refractivity (Wildman–Crippen MR) is 123 cm³/mol. The second kappa shape index (κ2) is 8.20. The number of carboxylic acid groups (broad SMARTS) is 1. The van der Waals surface area contributed by atoms with E-state index >= 15 is 0 Å². The Labute approximate surface area is 188 Å². The molecule has 8 nitrogen and oxygen atoms in total. The van der Waals surface area contributed by atoms with Crippen LogP contribution in [0.5, 0.6) is 0 Å². The number of pyridine rings is 1. The van der Waals surface area contributed by atoms with E-state index in [0.29, 0.717) is 11.3 Å². The molecule has 1 saturated heterocycles. The van der Waals surface area contributed by atoms with Gasteiger partial charge < -0.3 is 9.67 Å². The Bertz CT molecular complexity index is 1290. The highest BCUT2D eigenvalue weighted by Crippen LogP contribution is 2.26. The lowest BCUT2D eigenvalue weighted by molar-refractivity contribution is -0.122. The lowest BCUT2D eigenvalue weighted by atomic mass is 10.1. The molecule has 0 spiro atoms. The lowest BCUT2D eigenvalue weighted by Gasteiger charge is -2.29. The maximum absolute atomic E-state index is 13.2. The van der Waals surface area contributed by atoms with Crippen molar-refractivity contribution in [3.8, 4) is 5.69 Å². The number of carboxylic acids is 1. The van der Waals surface area contributed by atoms with E-state index in [1.807, 2.05) is 36.6 Å². The van der Waals surface area contributed by atoms with Gasteiger partial charge in [0.25, 0.3) is 11.8 Å². The number of nitrogens with zero attached hydrogens (tertiary/aromatic N) is 3. The second-order valence-electron chi connectivity index (χ2n) is 7.18. The molecule has 9 heteroatoms. The van der Waals surface area contributed by atoms with Gasteiger partial charge in [-0.2, -0.15) is 0 Å². The van der Waals surface area contributed by atoms with Crippen molar-refractivity contribution in [2.75, 3.05) is 4.90 Å². The number of carbonyl (C=O) groups is 3. The van der Waals surface area contributed by atoms with Gasteiger partial charge in [-0.05, 0) is 80.2 Å². The monoisotopic (exact) mass is 446 g/mol. The van der Waals surface area contributed by atoms with E-state index in [9.17, 15) is 14.4 Å². The Kier molecular flexibility index (Phi) is 5.41. The Morgan fingerprint density at radius 2 is 1.72 bits per heavy atom. The van der Waals surface area contributed by atoms with E-state index in [0.717, 1.165) is 17.1 Å². The molecule has 3 aromatic rings. The highest BCUT2D eigenvalue weighted by Gasteiger charge is 2.34. The Morgan fingerprint density at radius 3 is 2.34 bits per heavy atom. The van der Waals surface area contributed by atoms with Crippen LogP contribution in [-0.2, 0) is 9.59 Å². The molecule has 160 valence electrons. The minimum Gasteiger partial charge on any atom is -0.478 e. The van der Waals surface area contributed by atoms with E-state index in [1.54, 1.807) is 12.4 Å². The fourth-order valence-electron chi connectivity index (χ4n) is 3.62. The first-order valence-electron chi connectivity index (χ1n) is 9.62. The zero-order valence-corrected chi connectivity index (χ0v) is 18.0. The molecule has 2 aromatic heterocycles. The van der Waals surface area contributed by atoms with E-state index < -0.39 is 17.8 Å². The molecule has 2 amide bonds. The Hall–Kier alpha value is -4.11. The summed E-state index contributed by atoms with van der Waals surface area (Å²) in [6.07, 6.45) is 4.93. The van der Waals surface area contributed by atoms with Crippen LogP contribution in [0.3, 0.4) is 0 Å². The van der Waals surface area contributed by atoms with Crippen LogP contribution in [0, 0.1) is 13.8 Å². The van der Waals surface area contributed by atoms with Crippen molar-refractivity contribution in [2.24, 2.45) is 0 Å². The summed E-state index contributed by atoms with van der Waals surface area (Å²) in [5.41, 5.74) is 3.78. The van der Waals surface area contributed by atoms with Crippen molar-refractivity contribution >= 4 is 46.9 Å². The summed E-state index contributed by atoms with van der Waals surface area (Å²) >= 11 is 5.20. The zero-order chi connectivity index (χ0) is 23.0. The van der Waals surface area contributed by atoms with Gasteiger partial charge in [-0.3, -0.25) is 24.8 Å². The number of benzene rings is 1. The van der Waals surface area contributed by atoms with E-state index in [1.165, 1.54) is 35.2 Å². The van der Waals surface area contributed by atoms with Gasteiger partial charge in [-0.1, -0.05) is 0 Å². The highest BCUT2D eigenvalue weighted by atomic mass is 32.1. The molecule has 4 rings (SSSR count). The highest BCUT2D eigenvalue weighted by molar-refractivity contribution is 7.80. The molecule has 1 aliphatic heterocycles. The van der Waals surface area contributed by atoms with Crippen LogP contribution >= 0.6 is 12.2 Å². The van der Waals surface area contributed by atoms with E-state index in [-0.39, 0.29) is 16.2 Å². The number of hydrogen-bond acceptors (Lipinski definition) is 5. The molecular weight excluding hydrogens is 428 g/mol. The van der Waals surface area contributed by atoms with Crippen molar-refractivity contribution in [3.63, 3.8) is 0 Å². The number of carbonyl (C=O) groups excluding carboxylic acids is 2.